The maximum atomic E-state index is 10.9. The van der Waals surface area contributed by atoms with E-state index in [1.54, 1.807) is 0 Å². The fourth-order valence-electron chi connectivity index (χ4n) is 1.74. The average Bonchev–Trinajstić information content (AvgIpc) is 2.21. The van der Waals surface area contributed by atoms with E-state index in [1.807, 2.05) is 0 Å². The molecule has 4 heteroatoms. The maximum absolute atomic E-state index is 10.9. The van der Waals surface area contributed by atoms with Crippen LogP contribution in [0.3, 0.4) is 0 Å². The highest BCUT2D eigenvalue weighted by Crippen LogP contribution is 2.21. The summed E-state index contributed by atoms with van der Waals surface area (Å²) >= 11 is 0. The van der Waals surface area contributed by atoms with Crippen LogP contribution in [0.15, 0.2) is 0 Å². The van der Waals surface area contributed by atoms with Crippen LogP contribution < -0.4 is 11.5 Å². The molecule has 0 aliphatic heterocycles. The fourth-order valence-corrected chi connectivity index (χ4v) is 1.74. The van der Waals surface area contributed by atoms with Crippen molar-refractivity contribution in [2.45, 2.75) is 53.0 Å². The lowest BCUT2D eigenvalue weighted by atomic mass is 9.87. The summed E-state index contributed by atoms with van der Waals surface area (Å²) in [5, 5.41) is 0. The average molecular weight is 243 g/mol. The van der Waals surface area contributed by atoms with Gasteiger partial charge in [-0.3, -0.25) is 9.69 Å². The standard InChI is InChI=1S/C13H29N3O/c1-11(2)16(9-12(15)17)8-6-5-7-13(3,4)10-14/h11H,5-10,14H2,1-4H3,(H2,15,17). The van der Waals surface area contributed by atoms with Crippen LogP contribution in [0, 0.1) is 5.41 Å². The number of carbonyl (C=O) groups excluding carboxylic acids is 1. The van der Waals surface area contributed by atoms with E-state index >= 15 is 0 Å². The normalized spacial score (nSPS) is 12.4. The SMILES string of the molecule is CC(C)N(CCCCC(C)(C)CN)CC(N)=O. The number of primary amides is 1. The minimum atomic E-state index is -0.249. The van der Waals surface area contributed by atoms with Gasteiger partial charge in [-0.25, -0.2) is 0 Å². The Morgan fingerprint density at radius 1 is 1.29 bits per heavy atom. The lowest BCUT2D eigenvalue weighted by Gasteiger charge is -2.26. The van der Waals surface area contributed by atoms with Gasteiger partial charge < -0.3 is 11.5 Å². The zero-order valence-electron chi connectivity index (χ0n) is 11.8. The summed E-state index contributed by atoms with van der Waals surface area (Å²) in [6.07, 6.45) is 3.37. The lowest BCUT2D eigenvalue weighted by molar-refractivity contribution is -0.119. The topological polar surface area (TPSA) is 72.3 Å². The molecular formula is C13H29N3O. The molecule has 0 aromatic heterocycles. The molecule has 0 spiro atoms. The third-order valence-corrected chi connectivity index (χ3v) is 3.19. The summed E-state index contributed by atoms with van der Waals surface area (Å²) in [5.41, 5.74) is 11.1. The number of nitrogens with two attached hydrogens (primary N) is 2. The maximum Gasteiger partial charge on any atom is 0.231 e. The smallest absolute Gasteiger partial charge is 0.231 e. The van der Waals surface area contributed by atoms with E-state index in [9.17, 15) is 4.79 Å². The van der Waals surface area contributed by atoms with Crippen molar-refractivity contribution in [1.82, 2.24) is 4.90 Å². The molecule has 0 heterocycles. The van der Waals surface area contributed by atoms with Gasteiger partial charge in [0.25, 0.3) is 0 Å². The zero-order chi connectivity index (χ0) is 13.5. The highest BCUT2D eigenvalue weighted by atomic mass is 16.1. The summed E-state index contributed by atoms with van der Waals surface area (Å²) in [4.78, 5) is 13.0. The van der Waals surface area contributed by atoms with Gasteiger partial charge in [-0.1, -0.05) is 20.3 Å². The monoisotopic (exact) mass is 243 g/mol. The van der Waals surface area contributed by atoms with Crippen LogP contribution in [-0.2, 0) is 4.79 Å². The van der Waals surface area contributed by atoms with Crippen LogP contribution in [-0.4, -0.2) is 36.5 Å². The second kappa shape index (κ2) is 7.67. The molecule has 0 fully saturated rings. The molecule has 0 saturated carbocycles. The van der Waals surface area contributed by atoms with Crippen molar-refractivity contribution in [3.63, 3.8) is 0 Å². The van der Waals surface area contributed by atoms with Crippen LogP contribution in [0.25, 0.3) is 0 Å². The number of nitrogens with zero attached hydrogens (tertiary/aromatic N) is 1. The quantitative estimate of drug-likeness (QED) is 0.600. The lowest BCUT2D eigenvalue weighted by Crippen LogP contribution is -2.39. The van der Waals surface area contributed by atoms with Crippen LogP contribution in [0.5, 0.6) is 0 Å². The number of unbranched alkanes of at least 4 members (excludes halogenated alkanes) is 1. The Morgan fingerprint density at radius 3 is 2.29 bits per heavy atom. The predicted octanol–water partition coefficient (Wildman–Crippen LogP) is 1.34. The highest BCUT2D eigenvalue weighted by Gasteiger charge is 2.16. The molecule has 0 atom stereocenters. The van der Waals surface area contributed by atoms with Crippen molar-refractivity contribution in [2.75, 3.05) is 19.6 Å². The van der Waals surface area contributed by atoms with Gasteiger partial charge in [-0.05, 0) is 45.2 Å². The minimum absolute atomic E-state index is 0.229. The third-order valence-electron chi connectivity index (χ3n) is 3.19. The molecular weight excluding hydrogens is 214 g/mol. The summed E-state index contributed by atoms with van der Waals surface area (Å²) in [7, 11) is 0. The zero-order valence-corrected chi connectivity index (χ0v) is 11.8. The van der Waals surface area contributed by atoms with E-state index < -0.39 is 0 Å². The van der Waals surface area contributed by atoms with E-state index in [0.29, 0.717) is 12.6 Å². The number of rotatable bonds is 9. The molecule has 0 saturated heterocycles. The molecule has 0 aromatic rings. The Bertz CT molecular complexity index is 227. The van der Waals surface area contributed by atoms with Gasteiger partial charge in [0.05, 0.1) is 6.54 Å². The van der Waals surface area contributed by atoms with Gasteiger partial charge in [-0.2, -0.15) is 0 Å². The molecule has 0 aromatic carbocycles. The molecule has 0 aliphatic carbocycles. The van der Waals surface area contributed by atoms with Crippen molar-refractivity contribution in [3.05, 3.63) is 0 Å². The summed E-state index contributed by atoms with van der Waals surface area (Å²) in [6, 6.07) is 0.366. The fraction of sp³-hybridized carbons (Fsp3) is 0.923. The van der Waals surface area contributed by atoms with E-state index in [2.05, 4.69) is 32.6 Å². The first-order chi connectivity index (χ1) is 7.78. The van der Waals surface area contributed by atoms with Crippen molar-refractivity contribution >= 4 is 5.91 Å². The number of carbonyl (C=O) groups is 1. The van der Waals surface area contributed by atoms with Crippen molar-refractivity contribution in [2.24, 2.45) is 16.9 Å². The van der Waals surface area contributed by atoms with Gasteiger partial charge in [0, 0.05) is 6.04 Å². The van der Waals surface area contributed by atoms with E-state index in [-0.39, 0.29) is 11.3 Å². The summed E-state index contributed by atoms with van der Waals surface area (Å²) in [5.74, 6) is -0.249. The Morgan fingerprint density at radius 2 is 1.88 bits per heavy atom. The largest absolute Gasteiger partial charge is 0.369 e. The van der Waals surface area contributed by atoms with Crippen molar-refractivity contribution in [1.29, 1.82) is 0 Å². The Labute approximate surface area is 106 Å². The summed E-state index contributed by atoms with van der Waals surface area (Å²) < 4.78 is 0. The first-order valence-electron chi connectivity index (χ1n) is 6.51. The molecule has 0 rings (SSSR count). The number of hydrogen-bond acceptors (Lipinski definition) is 3. The van der Waals surface area contributed by atoms with Crippen LogP contribution in [0.4, 0.5) is 0 Å². The first kappa shape index (κ1) is 16.4. The van der Waals surface area contributed by atoms with Crippen LogP contribution in [0.2, 0.25) is 0 Å². The van der Waals surface area contributed by atoms with Gasteiger partial charge in [0.1, 0.15) is 0 Å². The van der Waals surface area contributed by atoms with Crippen molar-refractivity contribution < 1.29 is 4.79 Å². The molecule has 0 bridgehead atoms. The Kier molecular flexibility index (Phi) is 7.39. The van der Waals surface area contributed by atoms with E-state index in [1.165, 1.54) is 0 Å². The second-order valence-electron chi connectivity index (χ2n) is 5.86. The van der Waals surface area contributed by atoms with Crippen LogP contribution in [0.1, 0.15) is 47.0 Å². The van der Waals surface area contributed by atoms with Crippen LogP contribution >= 0.6 is 0 Å². The number of amides is 1. The Hall–Kier alpha value is -0.610. The van der Waals surface area contributed by atoms with E-state index in [0.717, 1.165) is 32.4 Å². The molecule has 4 N–H and O–H groups in total. The second-order valence-corrected chi connectivity index (χ2v) is 5.86. The van der Waals surface area contributed by atoms with Gasteiger partial charge in [-0.15, -0.1) is 0 Å². The number of hydrogen-bond donors (Lipinski definition) is 2. The molecule has 0 unspecified atom stereocenters. The molecule has 1 amide bonds. The molecule has 102 valence electrons. The Balaban J connectivity index is 3.87. The first-order valence-corrected chi connectivity index (χ1v) is 6.51. The van der Waals surface area contributed by atoms with Gasteiger partial charge >= 0.3 is 0 Å². The highest BCUT2D eigenvalue weighted by molar-refractivity contribution is 5.75. The molecule has 0 radical (unpaired) electrons. The minimum Gasteiger partial charge on any atom is -0.369 e. The van der Waals surface area contributed by atoms with Gasteiger partial charge in [0.2, 0.25) is 5.91 Å². The third kappa shape index (κ3) is 8.16. The molecule has 17 heavy (non-hydrogen) atoms. The predicted molar refractivity (Wildman–Crippen MR) is 72.6 cm³/mol. The molecule has 0 aliphatic rings. The summed E-state index contributed by atoms with van der Waals surface area (Å²) in [6.45, 7) is 10.6. The molecule has 4 nitrogen and oxygen atoms in total. The van der Waals surface area contributed by atoms with Gasteiger partial charge in [0.15, 0.2) is 0 Å². The van der Waals surface area contributed by atoms with Crippen molar-refractivity contribution in [3.8, 4) is 0 Å². The van der Waals surface area contributed by atoms with E-state index in [4.69, 9.17) is 11.5 Å².